The van der Waals surface area contributed by atoms with Crippen molar-refractivity contribution in [3.63, 3.8) is 0 Å². The molecule has 0 amide bonds. The van der Waals surface area contributed by atoms with Gasteiger partial charge in [-0.3, -0.25) is 4.68 Å². The van der Waals surface area contributed by atoms with E-state index >= 15 is 0 Å². The lowest BCUT2D eigenvalue weighted by Gasteiger charge is -2.16. The molecule has 0 aliphatic carbocycles. The minimum absolute atomic E-state index is 0.201. The SMILES string of the molecule is Cc1csc([C@](C)(O)c2nnc(Nc3ccn(Cc4c(F)cccc4Cl)n3)s2)n1. The molecule has 150 valence electrons. The molecular formula is C18H16ClFN6OS2. The zero-order valence-electron chi connectivity index (χ0n) is 15.4. The van der Waals surface area contributed by atoms with E-state index in [0.717, 1.165) is 5.69 Å². The third-order valence-corrected chi connectivity index (χ3v) is 6.71. The van der Waals surface area contributed by atoms with Crippen LogP contribution in [0.5, 0.6) is 0 Å². The van der Waals surface area contributed by atoms with Crippen molar-refractivity contribution >= 4 is 45.2 Å². The Hall–Kier alpha value is -2.40. The summed E-state index contributed by atoms with van der Waals surface area (Å²) in [6.45, 7) is 3.71. The highest BCUT2D eigenvalue weighted by atomic mass is 35.5. The molecule has 3 heterocycles. The Balaban J connectivity index is 1.49. The van der Waals surface area contributed by atoms with Crippen LogP contribution in [0.4, 0.5) is 15.3 Å². The van der Waals surface area contributed by atoms with Gasteiger partial charge in [0.1, 0.15) is 10.8 Å². The average Bonchev–Trinajstić information content (AvgIpc) is 3.40. The molecule has 0 unspecified atom stereocenters. The van der Waals surface area contributed by atoms with Crippen LogP contribution < -0.4 is 5.32 Å². The predicted octanol–water partition coefficient (Wildman–Crippen LogP) is 4.34. The van der Waals surface area contributed by atoms with Gasteiger partial charge in [0.15, 0.2) is 16.4 Å². The van der Waals surface area contributed by atoms with E-state index in [-0.39, 0.29) is 12.4 Å². The third kappa shape index (κ3) is 4.15. The molecule has 2 N–H and O–H groups in total. The molecule has 7 nitrogen and oxygen atoms in total. The number of nitrogens with zero attached hydrogens (tertiary/aromatic N) is 5. The largest absolute Gasteiger partial charge is 0.376 e. The maximum Gasteiger partial charge on any atom is 0.211 e. The summed E-state index contributed by atoms with van der Waals surface area (Å²) in [7, 11) is 0. The van der Waals surface area contributed by atoms with Crippen molar-refractivity contribution in [3.05, 3.63) is 68.0 Å². The second-order valence-corrected chi connectivity index (χ2v) is 8.75. The van der Waals surface area contributed by atoms with Gasteiger partial charge >= 0.3 is 0 Å². The summed E-state index contributed by atoms with van der Waals surface area (Å²) in [4.78, 5) is 4.34. The fourth-order valence-corrected chi connectivity index (χ4v) is 4.55. The number of anilines is 2. The molecule has 0 aliphatic rings. The van der Waals surface area contributed by atoms with E-state index in [0.29, 0.717) is 31.6 Å². The molecule has 0 saturated carbocycles. The van der Waals surface area contributed by atoms with Crippen molar-refractivity contribution in [1.29, 1.82) is 0 Å². The molecule has 0 saturated heterocycles. The van der Waals surface area contributed by atoms with E-state index in [4.69, 9.17) is 11.6 Å². The fraction of sp³-hybridized carbons (Fsp3) is 0.222. The Morgan fingerprint density at radius 2 is 2.10 bits per heavy atom. The van der Waals surface area contributed by atoms with Crippen LogP contribution in [0, 0.1) is 12.7 Å². The van der Waals surface area contributed by atoms with Crippen LogP contribution in [0.3, 0.4) is 0 Å². The lowest BCUT2D eigenvalue weighted by atomic mass is 10.1. The maximum absolute atomic E-state index is 14.0. The van der Waals surface area contributed by atoms with Crippen molar-refractivity contribution in [1.82, 2.24) is 25.0 Å². The molecule has 0 aliphatic heterocycles. The van der Waals surface area contributed by atoms with Crippen molar-refractivity contribution in [2.24, 2.45) is 0 Å². The molecule has 0 bridgehead atoms. The van der Waals surface area contributed by atoms with Gasteiger partial charge < -0.3 is 10.4 Å². The molecule has 0 fully saturated rings. The summed E-state index contributed by atoms with van der Waals surface area (Å²) in [5.41, 5.74) is -0.109. The molecule has 4 rings (SSSR count). The van der Waals surface area contributed by atoms with E-state index in [2.05, 4.69) is 25.6 Å². The number of aromatic nitrogens is 5. The first-order chi connectivity index (χ1) is 13.8. The summed E-state index contributed by atoms with van der Waals surface area (Å²) in [6, 6.07) is 6.30. The molecule has 3 aromatic heterocycles. The van der Waals surface area contributed by atoms with Gasteiger partial charge in [0.05, 0.1) is 6.54 Å². The van der Waals surface area contributed by atoms with Crippen LogP contribution >= 0.6 is 34.3 Å². The zero-order chi connectivity index (χ0) is 20.6. The Labute approximate surface area is 178 Å². The normalized spacial score (nSPS) is 13.4. The Kier molecular flexibility index (Phi) is 5.34. The van der Waals surface area contributed by atoms with Gasteiger partial charge in [-0.15, -0.1) is 21.5 Å². The molecule has 4 aromatic rings. The first kappa shape index (κ1) is 19.9. The van der Waals surface area contributed by atoms with E-state index in [9.17, 15) is 9.50 Å². The van der Waals surface area contributed by atoms with Crippen molar-refractivity contribution in [3.8, 4) is 0 Å². The molecule has 0 radical (unpaired) electrons. The van der Waals surface area contributed by atoms with Crippen LogP contribution in [-0.4, -0.2) is 30.1 Å². The standard InChI is InChI=1S/C18H16ClFN6OS2/c1-10-9-28-15(21-10)18(2,27)16-23-24-17(29-16)22-14-6-7-26(25-14)8-11-12(19)4-3-5-13(11)20/h3-7,9,27H,8H2,1-2H3,(H,22,24,25)/t18-/m0/s1. The maximum atomic E-state index is 14.0. The van der Waals surface area contributed by atoms with E-state index in [1.165, 1.54) is 28.7 Å². The fourth-order valence-electron chi connectivity index (χ4n) is 2.61. The summed E-state index contributed by atoms with van der Waals surface area (Å²) in [5.74, 6) is 0.140. The number of thiazole rings is 1. The van der Waals surface area contributed by atoms with Crippen molar-refractivity contribution in [2.75, 3.05) is 5.32 Å². The molecule has 29 heavy (non-hydrogen) atoms. The smallest absolute Gasteiger partial charge is 0.211 e. The molecule has 1 atom stereocenters. The van der Waals surface area contributed by atoms with Gasteiger partial charge in [-0.25, -0.2) is 9.37 Å². The van der Waals surface area contributed by atoms with Gasteiger partial charge in [-0.1, -0.05) is 29.0 Å². The van der Waals surface area contributed by atoms with Crippen LogP contribution in [0.2, 0.25) is 5.02 Å². The van der Waals surface area contributed by atoms with E-state index < -0.39 is 5.60 Å². The second-order valence-electron chi connectivity index (χ2n) is 6.50. The number of aryl methyl sites for hydroxylation is 1. The molecule has 1 aromatic carbocycles. The number of aliphatic hydroxyl groups is 1. The minimum Gasteiger partial charge on any atom is -0.376 e. The van der Waals surface area contributed by atoms with Gasteiger partial charge in [-0.05, 0) is 26.0 Å². The predicted molar refractivity (Wildman–Crippen MR) is 111 cm³/mol. The average molecular weight is 451 g/mol. The van der Waals surface area contributed by atoms with Crippen LogP contribution in [0.25, 0.3) is 0 Å². The van der Waals surface area contributed by atoms with Gasteiger partial charge in [0, 0.05) is 33.9 Å². The van der Waals surface area contributed by atoms with Crippen LogP contribution in [0.1, 0.15) is 28.2 Å². The highest BCUT2D eigenvalue weighted by molar-refractivity contribution is 7.15. The highest BCUT2D eigenvalue weighted by Gasteiger charge is 2.33. The molecule has 11 heteroatoms. The van der Waals surface area contributed by atoms with Gasteiger partial charge in [0.25, 0.3) is 0 Å². The summed E-state index contributed by atoms with van der Waals surface area (Å²) in [5, 5.41) is 30.1. The quantitative estimate of drug-likeness (QED) is 0.454. The van der Waals surface area contributed by atoms with Crippen molar-refractivity contribution < 1.29 is 9.50 Å². The summed E-state index contributed by atoms with van der Waals surface area (Å²) < 4.78 is 15.5. The number of hydrogen-bond donors (Lipinski definition) is 2. The number of hydrogen-bond acceptors (Lipinski definition) is 8. The van der Waals surface area contributed by atoms with Crippen LogP contribution in [0.15, 0.2) is 35.8 Å². The van der Waals surface area contributed by atoms with Crippen LogP contribution in [-0.2, 0) is 12.1 Å². The number of benzene rings is 1. The Morgan fingerprint density at radius 3 is 2.83 bits per heavy atom. The topological polar surface area (TPSA) is 88.8 Å². The molecular weight excluding hydrogens is 435 g/mol. The number of halogens is 2. The lowest BCUT2D eigenvalue weighted by Crippen LogP contribution is -2.22. The second kappa shape index (κ2) is 7.79. The Morgan fingerprint density at radius 1 is 1.28 bits per heavy atom. The molecule has 0 spiro atoms. The van der Waals surface area contributed by atoms with Crippen molar-refractivity contribution in [2.45, 2.75) is 26.0 Å². The minimum atomic E-state index is -1.32. The van der Waals surface area contributed by atoms with Gasteiger partial charge in [-0.2, -0.15) is 5.10 Å². The summed E-state index contributed by atoms with van der Waals surface area (Å²) in [6.07, 6.45) is 1.71. The first-order valence-electron chi connectivity index (χ1n) is 8.55. The highest BCUT2D eigenvalue weighted by Crippen LogP contribution is 2.35. The summed E-state index contributed by atoms with van der Waals surface area (Å²) >= 11 is 8.65. The first-order valence-corrected chi connectivity index (χ1v) is 10.6. The zero-order valence-corrected chi connectivity index (χ0v) is 17.8. The Bertz CT molecular complexity index is 1130. The third-order valence-electron chi connectivity index (χ3n) is 4.13. The monoisotopic (exact) mass is 450 g/mol. The lowest BCUT2D eigenvalue weighted by molar-refractivity contribution is 0.101. The van der Waals surface area contributed by atoms with E-state index in [1.54, 1.807) is 36.0 Å². The van der Waals surface area contributed by atoms with E-state index in [1.807, 2.05) is 12.3 Å². The number of rotatable bonds is 6. The number of nitrogens with one attached hydrogen (secondary N) is 1. The van der Waals surface area contributed by atoms with Gasteiger partial charge in [0.2, 0.25) is 5.13 Å².